The summed E-state index contributed by atoms with van der Waals surface area (Å²) in [4.78, 5) is 22.9. The fourth-order valence-corrected chi connectivity index (χ4v) is 9.21. The van der Waals surface area contributed by atoms with Crippen LogP contribution in [0.25, 0.3) is 0 Å². The van der Waals surface area contributed by atoms with E-state index < -0.39 is 5.97 Å². The van der Waals surface area contributed by atoms with Crippen LogP contribution in [0.5, 0.6) is 0 Å². The maximum absolute atomic E-state index is 12.1. The third kappa shape index (κ3) is 5.37. The molecule has 0 amide bonds. The lowest BCUT2D eigenvalue weighted by Crippen LogP contribution is -2.51. The second kappa shape index (κ2) is 10.6. The molecule has 0 radical (unpaired) electrons. The van der Waals surface area contributed by atoms with Crippen LogP contribution >= 0.6 is 0 Å². The molecule has 3 saturated carbocycles. The quantitative estimate of drug-likeness (QED) is 0.267. The minimum absolute atomic E-state index is 0.0236. The molecule has 4 rings (SSSR count). The molecule has 4 nitrogen and oxygen atoms in total. The Labute approximate surface area is 213 Å². The zero-order valence-electron chi connectivity index (χ0n) is 23.0. The molecule has 0 bridgehead atoms. The Balaban J connectivity index is 1.40. The number of carboxylic acids is 1. The Hall–Kier alpha value is -1.32. The van der Waals surface area contributed by atoms with Gasteiger partial charge in [0.1, 0.15) is 6.10 Å². The normalized spacial score (nSPS) is 39.3. The number of rotatable bonds is 9. The number of allylic oxidation sites excluding steroid dienone is 1. The Bertz CT molecular complexity index is 815. The first-order valence-electron chi connectivity index (χ1n) is 14.7. The fraction of sp³-hybridized carbons (Fsp3) is 0.871. The molecule has 35 heavy (non-hydrogen) atoms. The number of aliphatic carboxylic acids is 1. The molecule has 0 saturated heterocycles. The van der Waals surface area contributed by atoms with Gasteiger partial charge in [-0.1, -0.05) is 65.5 Å². The Kier molecular flexibility index (Phi) is 8.08. The molecular weight excluding hydrogens is 436 g/mol. The molecule has 0 aromatic carbocycles. The third-order valence-corrected chi connectivity index (χ3v) is 11.1. The number of esters is 1. The Morgan fingerprint density at radius 3 is 2.51 bits per heavy atom. The predicted molar refractivity (Wildman–Crippen MR) is 140 cm³/mol. The van der Waals surface area contributed by atoms with Crippen LogP contribution < -0.4 is 0 Å². The highest BCUT2D eigenvalue weighted by molar-refractivity contribution is 5.76. The number of hydrogen-bond donors (Lipinski definition) is 1. The molecule has 0 aromatic heterocycles. The van der Waals surface area contributed by atoms with Crippen LogP contribution in [0.1, 0.15) is 118 Å². The van der Waals surface area contributed by atoms with Gasteiger partial charge in [0.15, 0.2) is 0 Å². The van der Waals surface area contributed by atoms with Crippen molar-refractivity contribution in [2.24, 2.45) is 46.3 Å². The van der Waals surface area contributed by atoms with Crippen molar-refractivity contribution in [2.45, 2.75) is 124 Å². The molecule has 0 spiro atoms. The number of carbonyl (C=O) groups excluding carboxylic acids is 1. The summed E-state index contributed by atoms with van der Waals surface area (Å²) in [6.07, 6.45) is 16.0. The van der Waals surface area contributed by atoms with Crippen molar-refractivity contribution >= 4 is 11.9 Å². The van der Waals surface area contributed by atoms with Gasteiger partial charge in [-0.3, -0.25) is 9.59 Å². The van der Waals surface area contributed by atoms with E-state index >= 15 is 0 Å². The largest absolute Gasteiger partial charge is 0.481 e. The smallest absolute Gasteiger partial charge is 0.306 e. The van der Waals surface area contributed by atoms with Gasteiger partial charge in [-0.15, -0.1) is 0 Å². The van der Waals surface area contributed by atoms with Crippen LogP contribution in [0, 0.1) is 46.3 Å². The van der Waals surface area contributed by atoms with Gasteiger partial charge in [0, 0.05) is 6.42 Å². The number of carbonyl (C=O) groups is 2. The number of carboxylic acid groups (broad SMARTS) is 1. The summed E-state index contributed by atoms with van der Waals surface area (Å²) in [5.41, 5.74) is 2.27. The van der Waals surface area contributed by atoms with Crippen molar-refractivity contribution in [3.05, 3.63) is 11.6 Å². The lowest BCUT2D eigenvalue weighted by atomic mass is 9.47. The van der Waals surface area contributed by atoms with Crippen molar-refractivity contribution in [2.75, 3.05) is 0 Å². The van der Waals surface area contributed by atoms with E-state index in [0.717, 1.165) is 54.8 Å². The molecular formula is C31H50O4. The van der Waals surface area contributed by atoms with Crippen molar-refractivity contribution in [1.82, 2.24) is 0 Å². The van der Waals surface area contributed by atoms with Crippen molar-refractivity contribution in [3.63, 3.8) is 0 Å². The second-order valence-electron chi connectivity index (χ2n) is 13.5. The monoisotopic (exact) mass is 486 g/mol. The number of hydrogen-bond acceptors (Lipinski definition) is 3. The zero-order chi connectivity index (χ0) is 25.4. The highest BCUT2D eigenvalue weighted by atomic mass is 16.5. The summed E-state index contributed by atoms with van der Waals surface area (Å²) in [6.45, 7) is 12.4. The maximum Gasteiger partial charge on any atom is 0.306 e. The molecule has 3 fully saturated rings. The molecule has 4 aliphatic rings. The molecule has 198 valence electrons. The fourth-order valence-electron chi connectivity index (χ4n) is 9.21. The molecule has 0 heterocycles. The molecule has 4 unspecified atom stereocenters. The van der Waals surface area contributed by atoms with E-state index in [1.165, 1.54) is 56.9 Å². The van der Waals surface area contributed by atoms with E-state index in [1.807, 2.05) is 0 Å². The van der Waals surface area contributed by atoms with Gasteiger partial charge in [0.2, 0.25) is 0 Å². The van der Waals surface area contributed by atoms with Crippen LogP contribution in [-0.4, -0.2) is 23.1 Å². The maximum atomic E-state index is 12.1. The first-order valence-corrected chi connectivity index (χ1v) is 14.7. The highest BCUT2D eigenvalue weighted by Gasteiger charge is 2.59. The van der Waals surface area contributed by atoms with E-state index in [1.54, 1.807) is 0 Å². The zero-order valence-corrected chi connectivity index (χ0v) is 23.0. The van der Waals surface area contributed by atoms with Gasteiger partial charge in [-0.25, -0.2) is 0 Å². The highest BCUT2D eigenvalue weighted by Crippen LogP contribution is 2.67. The predicted octanol–water partition coefficient (Wildman–Crippen LogP) is 7.80. The molecule has 1 N–H and O–H groups in total. The lowest BCUT2D eigenvalue weighted by Gasteiger charge is -2.58. The number of ether oxygens (including phenoxy) is 1. The van der Waals surface area contributed by atoms with Crippen molar-refractivity contribution in [1.29, 1.82) is 0 Å². The van der Waals surface area contributed by atoms with E-state index in [2.05, 4.69) is 40.7 Å². The summed E-state index contributed by atoms with van der Waals surface area (Å²) < 4.78 is 5.70. The van der Waals surface area contributed by atoms with E-state index in [4.69, 9.17) is 9.84 Å². The molecule has 0 aliphatic heterocycles. The summed E-state index contributed by atoms with van der Waals surface area (Å²) in [5.74, 6) is 3.68. The summed E-state index contributed by atoms with van der Waals surface area (Å²) in [5, 5.41) is 8.84. The van der Waals surface area contributed by atoms with Gasteiger partial charge in [-0.2, -0.15) is 0 Å². The molecule has 8 atom stereocenters. The SMILES string of the molecule is CC(C)CCC[C@@H](C)C1CCC2C3CC=C4C[C@@H](OC(=O)CCC(=O)O)CC[C@]4(C)C3CC[C@@]21C. The summed E-state index contributed by atoms with van der Waals surface area (Å²) in [6, 6.07) is 0. The van der Waals surface area contributed by atoms with E-state index in [9.17, 15) is 9.59 Å². The molecule has 0 aromatic rings. The van der Waals surface area contributed by atoms with E-state index in [0.29, 0.717) is 5.41 Å². The van der Waals surface area contributed by atoms with Gasteiger partial charge < -0.3 is 9.84 Å². The Morgan fingerprint density at radius 2 is 1.80 bits per heavy atom. The van der Waals surface area contributed by atoms with Crippen molar-refractivity contribution < 1.29 is 19.4 Å². The third-order valence-electron chi connectivity index (χ3n) is 11.1. The molecule has 4 heteroatoms. The van der Waals surface area contributed by atoms with Gasteiger partial charge in [0.25, 0.3) is 0 Å². The first-order chi connectivity index (χ1) is 16.5. The minimum Gasteiger partial charge on any atom is -0.481 e. The average molecular weight is 487 g/mol. The molecule has 4 aliphatic carbocycles. The van der Waals surface area contributed by atoms with Crippen LogP contribution in [0.4, 0.5) is 0 Å². The van der Waals surface area contributed by atoms with Gasteiger partial charge in [0.05, 0.1) is 12.8 Å². The van der Waals surface area contributed by atoms with Crippen LogP contribution in [0.15, 0.2) is 11.6 Å². The lowest BCUT2D eigenvalue weighted by molar-refractivity contribution is -0.154. The van der Waals surface area contributed by atoms with Crippen LogP contribution in [0.3, 0.4) is 0 Å². The van der Waals surface area contributed by atoms with Gasteiger partial charge >= 0.3 is 11.9 Å². The second-order valence-corrected chi connectivity index (χ2v) is 13.5. The average Bonchev–Trinajstić information content (AvgIpc) is 3.15. The van der Waals surface area contributed by atoms with Gasteiger partial charge in [-0.05, 0) is 91.3 Å². The standard InChI is InChI=1S/C31H50O4/c1-20(2)7-6-8-21(3)25-11-12-26-24-10-9-22-19-23(35-29(34)14-13-28(32)33)15-17-30(22,4)27(24)16-18-31(25,26)5/h9,20-21,23-27H,6-8,10-19H2,1-5H3,(H,32,33)/t21-,23+,24?,25?,26?,27?,30+,31-/m1/s1. The topological polar surface area (TPSA) is 63.6 Å². The first kappa shape index (κ1) is 26.7. The van der Waals surface area contributed by atoms with Crippen LogP contribution in [-0.2, 0) is 14.3 Å². The summed E-state index contributed by atoms with van der Waals surface area (Å²) in [7, 11) is 0. The Morgan fingerprint density at radius 1 is 1.03 bits per heavy atom. The minimum atomic E-state index is -0.942. The van der Waals surface area contributed by atoms with E-state index in [-0.39, 0.29) is 30.3 Å². The number of fused-ring (bicyclic) bond motifs is 5. The van der Waals surface area contributed by atoms with Crippen molar-refractivity contribution in [3.8, 4) is 0 Å². The van der Waals surface area contributed by atoms with Crippen LogP contribution in [0.2, 0.25) is 0 Å². The summed E-state index contributed by atoms with van der Waals surface area (Å²) >= 11 is 0.